The molecule has 0 saturated carbocycles. The minimum absolute atomic E-state index is 0.275. The summed E-state index contributed by atoms with van der Waals surface area (Å²) in [6, 6.07) is 10.7. The quantitative estimate of drug-likeness (QED) is 0.564. The number of hydrogen-bond acceptors (Lipinski definition) is 3. The number of carbonyl (C=O) groups is 1. The second-order valence-electron chi connectivity index (χ2n) is 5.60. The van der Waals surface area contributed by atoms with Gasteiger partial charge in [0.1, 0.15) is 0 Å². The Labute approximate surface area is 135 Å². The van der Waals surface area contributed by atoms with E-state index in [1.165, 1.54) is 6.26 Å². The lowest BCUT2D eigenvalue weighted by Crippen LogP contribution is -2.34. The molecule has 0 saturated heterocycles. The van der Waals surface area contributed by atoms with E-state index in [0.717, 1.165) is 12.1 Å². The monoisotopic (exact) mass is 314 g/mol. The third-order valence-electron chi connectivity index (χ3n) is 3.08. The molecule has 0 aliphatic heterocycles. The number of benzene rings is 1. The number of aliphatic imine (C=N–C) groups is 1. The van der Waals surface area contributed by atoms with Gasteiger partial charge in [0, 0.05) is 12.2 Å². The zero-order valence-corrected chi connectivity index (χ0v) is 13.4. The van der Waals surface area contributed by atoms with Crippen molar-refractivity contribution in [1.82, 2.24) is 5.32 Å². The van der Waals surface area contributed by atoms with E-state index in [4.69, 9.17) is 10.2 Å². The summed E-state index contributed by atoms with van der Waals surface area (Å²) in [5.41, 5.74) is 7.50. The highest BCUT2D eigenvalue weighted by molar-refractivity contribution is 6.02. The number of rotatable bonds is 6. The molecule has 2 aromatic rings. The van der Waals surface area contributed by atoms with Crippen LogP contribution in [0.15, 0.2) is 52.1 Å². The van der Waals surface area contributed by atoms with Crippen molar-refractivity contribution >= 4 is 17.6 Å². The first-order valence-electron chi connectivity index (χ1n) is 7.52. The molecule has 0 unspecified atom stereocenters. The molecule has 4 N–H and O–H groups in total. The molecule has 1 amide bonds. The Morgan fingerprint density at radius 3 is 2.61 bits per heavy atom. The molecule has 2 rings (SSSR count). The summed E-state index contributed by atoms with van der Waals surface area (Å²) in [6.07, 6.45) is 1.47. The van der Waals surface area contributed by atoms with Crippen LogP contribution in [0, 0.1) is 5.92 Å². The second kappa shape index (κ2) is 8.03. The molecule has 1 aromatic carbocycles. The molecule has 0 aliphatic carbocycles. The van der Waals surface area contributed by atoms with Crippen LogP contribution in [0.25, 0.3) is 0 Å². The molecule has 0 aliphatic rings. The Morgan fingerprint density at radius 1 is 1.26 bits per heavy atom. The van der Waals surface area contributed by atoms with Gasteiger partial charge in [0.25, 0.3) is 5.91 Å². The molecule has 6 heteroatoms. The van der Waals surface area contributed by atoms with Crippen LogP contribution in [0.2, 0.25) is 0 Å². The van der Waals surface area contributed by atoms with Gasteiger partial charge in [-0.2, -0.15) is 0 Å². The zero-order valence-electron chi connectivity index (χ0n) is 13.4. The minimum Gasteiger partial charge on any atom is -0.459 e. The lowest BCUT2D eigenvalue weighted by Gasteiger charge is -2.08. The number of nitrogens with two attached hydrogens (primary N) is 1. The first-order chi connectivity index (χ1) is 11.0. The number of furan rings is 1. The first kappa shape index (κ1) is 16.6. The average molecular weight is 314 g/mol. The van der Waals surface area contributed by atoms with Crippen molar-refractivity contribution < 1.29 is 9.21 Å². The summed E-state index contributed by atoms with van der Waals surface area (Å²) in [5, 5.41) is 5.83. The maximum Gasteiger partial charge on any atom is 0.291 e. The third kappa shape index (κ3) is 5.50. The Bertz CT molecular complexity index is 646. The van der Waals surface area contributed by atoms with Crippen LogP contribution < -0.4 is 16.4 Å². The maximum atomic E-state index is 11.9. The minimum atomic E-state index is -0.275. The Kier molecular flexibility index (Phi) is 5.80. The van der Waals surface area contributed by atoms with E-state index in [-0.39, 0.29) is 11.7 Å². The van der Waals surface area contributed by atoms with Crippen molar-refractivity contribution in [1.29, 1.82) is 0 Å². The van der Waals surface area contributed by atoms with Crippen molar-refractivity contribution in [2.75, 3.05) is 11.9 Å². The SMILES string of the molecule is CC(C)CNC(N)=NCc1ccc(NC(=O)c2ccco2)cc1. The number of anilines is 1. The van der Waals surface area contributed by atoms with Gasteiger partial charge in [0.15, 0.2) is 11.7 Å². The predicted octanol–water partition coefficient (Wildman–Crippen LogP) is 2.59. The zero-order chi connectivity index (χ0) is 16.7. The third-order valence-corrected chi connectivity index (χ3v) is 3.08. The molecule has 0 atom stereocenters. The highest BCUT2D eigenvalue weighted by atomic mass is 16.3. The molecule has 1 heterocycles. The average Bonchev–Trinajstić information content (AvgIpc) is 3.07. The molecule has 0 radical (unpaired) electrons. The van der Waals surface area contributed by atoms with Gasteiger partial charge >= 0.3 is 0 Å². The van der Waals surface area contributed by atoms with Crippen molar-refractivity contribution in [3.8, 4) is 0 Å². The topological polar surface area (TPSA) is 92.6 Å². The molecule has 1 aromatic heterocycles. The fraction of sp³-hybridized carbons (Fsp3) is 0.294. The van der Waals surface area contributed by atoms with Crippen LogP contribution >= 0.6 is 0 Å². The van der Waals surface area contributed by atoms with Crippen LogP contribution in [0.4, 0.5) is 5.69 Å². The largest absolute Gasteiger partial charge is 0.459 e. The van der Waals surface area contributed by atoms with Gasteiger partial charge in [-0.3, -0.25) is 4.79 Å². The van der Waals surface area contributed by atoms with Crippen LogP contribution in [-0.2, 0) is 6.54 Å². The van der Waals surface area contributed by atoms with Gasteiger partial charge in [0.2, 0.25) is 0 Å². The highest BCUT2D eigenvalue weighted by Gasteiger charge is 2.08. The molecule has 0 spiro atoms. The smallest absolute Gasteiger partial charge is 0.291 e. The summed E-state index contributed by atoms with van der Waals surface area (Å²) in [7, 11) is 0. The summed E-state index contributed by atoms with van der Waals surface area (Å²) < 4.78 is 5.05. The van der Waals surface area contributed by atoms with Crippen molar-refractivity contribution in [3.63, 3.8) is 0 Å². The Balaban J connectivity index is 1.87. The molecule has 0 fully saturated rings. The highest BCUT2D eigenvalue weighted by Crippen LogP contribution is 2.12. The van der Waals surface area contributed by atoms with Crippen molar-refractivity contribution in [3.05, 3.63) is 54.0 Å². The van der Waals surface area contributed by atoms with E-state index < -0.39 is 0 Å². The van der Waals surface area contributed by atoms with E-state index >= 15 is 0 Å². The van der Waals surface area contributed by atoms with E-state index in [1.54, 1.807) is 12.1 Å². The molecule has 122 valence electrons. The number of nitrogens with one attached hydrogen (secondary N) is 2. The Hall–Kier alpha value is -2.76. The van der Waals surface area contributed by atoms with E-state index in [1.807, 2.05) is 24.3 Å². The molecule has 23 heavy (non-hydrogen) atoms. The second-order valence-corrected chi connectivity index (χ2v) is 5.60. The Morgan fingerprint density at radius 2 is 2.00 bits per heavy atom. The summed E-state index contributed by atoms with van der Waals surface area (Å²) in [6.45, 7) is 5.50. The van der Waals surface area contributed by atoms with Crippen LogP contribution in [-0.4, -0.2) is 18.4 Å². The summed E-state index contributed by atoms with van der Waals surface area (Å²) in [4.78, 5) is 16.1. The standard InChI is InChI=1S/C17H22N4O2/c1-12(2)10-19-17(18)20-11-13-5-7-14(8-6-13)21-16(22)15-4-3-9-23-15/h3-9,12H,10-11H2,1-2H3,(H,21,22)(H3,18,19,20). The lowest BCUT2D eigenvalue weighted by molar-refractivity contribution is 0.0996. The van der Waals surface area contributed by atoms with Gasteiger partial charge in [0.05, 0.1) is 12.8 Å². The molecule has 6 nitrogen and oxygen atoms in total. The van der Waals surface area contributed by atoms with E-state index in [0.29, 0.717) is 24.1 Å². The molecular weight excluding hydrogens is 292 g/mol. The van der Waals surface area contributed by atoms with Crippen LogP contribution in [0.3, 0.4) is 0 Å². The fourth-order valence-corrected chi connectivity index (χ4v) is 1.83. The number of hydrogen-bond donors (Lipinski definition) is 3. The normalized spacial score (nSPS) is 11.5. The van der Waals surface area contributed by atoms with E-state index in [2.05, 4.69) is 29.5 Å². The van der Waals surface area contributed by atoms with Gasteiger partial charge in [-0.05, 0) is 35.7 Å². The maximum absolute atomic E-state index is 11.9. The van der Waals surface area contributed by atoms with Gasteiger partial charge in [-0.15, -0.1) is 0 Å². The van der Waals surface area contributed by atoms with Crippen molar-refractivity contribution in [2.45, 2.75) is 20.4 Å². The van der Waals surface area contributed by atoms with E-state index in [9.17, 15) is 4.79 Å². The molecular formula is C17H22N4O2. The van der Waals surface area contributed by atoms with Gasteiger partial charge in [-0.25, -0.2) is 4.99 Å². The summed E-state index contributed by atoms with van der Waals surface area (Å²) >= 11 is 0. The lowest BCUT2D eigenvalue weighted by atomic mass is 10.2. The number of amides is 1. The van der Waals surface area contributed by atoms with Gasteiger partial charge < -0.3 is 20.8 Å². The van der Waals surface area contributed by atoms with Gasteiger partial charge in [-0.1, -0.05) is 26.0 Å². The van der Waals surface area contributed by atoms with Crippen molar-refractivity contribution in [2.24, 2.45) is 16.6 Å². The van der Waals surface area contributed by atoms with Crippen LogP contribution in [0.1, 0.15) is 30.0 Å². The number of carbonyl (C=O) groups excluding carboxylic acids is 1. The number of guanidine groups is 1. The first-order valence-corrected chi connectivity index (χ1v) is 7.52. The summed E-state index contributed by atoms with van der Waals surface area (Å²) in [5.74, 6) is 0.959. The molecule has 0 bridgehead atoms. The fourth-order valence-electron chi connectivity index (χ4n) is 1.83. The van der Waals surface area contributed by atoms with Crippen LogP contribution in [0.5, 0.6) is 0 Å². The number of nitrogens with zero attached hydrogens (tertiary/aromatic N) is 1. The predicted molar refractivity (Wildman–Crippen MR) is 91.3 cm³/mol.